The van der Waals surface area contributed by atoms with Crippen LogP contribution >= 0.6 is 34.8 Å². The number of aromatic nitrogens is 4. The number of carbonyl (C=O) groups is 1. The number of fused-ring (bicyclic) bond motifs is 2. The third-order valence-electron chi connectivity index (χ3n) is 5.21. The predicted molar refractivity (Wildman–Crippen MR) is 161 cm³/mol. The number of carbonyl (C=O) groups excluding carboxylic acids is 1. The van der Waals surface area contributed by atoms with E-state index in [0.29, 0.717) is 15.7 Å². The Kier molecular flexibility index (Phi) is 10.1. The Morgan fingerprint density at radius 1 is 0.513 bits per heavy atom. The van der Waals surface area contributed by atoms with Crippen LogP contribution in [0.2, 0.25) is 15.2 Å². The van der Waals surface area contributed by atoms with E-state index in [9.17, 15) is 4.79 Å². The van der Waals surface area contributed by atoms with Gasteiger partial charge < -0.3 is 0 Å². The van der Waals surface area contributed by atoms with Gasteiger partial charge in [-0.3, -0.25) is 14.8 Å². The van der Waals surface area contributed by atoms with Gasteiger partial charge >= 0.3 is 0 Å². The molecule has 2 aromatic heterocycles. The average molecular weight is 572 g/mol. The van der Waals surface area contributed by atoms with E-state index < -0.39 is 0 Å². The zero-order chi connectivity index (χ0) is 27.5. The summed E-state index contributed by atoms with van der Waals surface area (Å²) in [6.45, 7) is 0. The first-order valence-electron chi connectivity index (χ1n) is 11.7. The predicted octanol–water partition coefficient (Wildman–Crippen LogP) is 8.89. The number of benzene rings is 4. The second-order valence-corrected chi connectivity index (χ2v) is 9.28. The fourth-order valence-corrected chi connectivity index (χ4v) is 3.68. The normalized spacial score (nSPS) is 10.4. The van der Waals surface area contributed by atoms with Gasteiger partial charge in [0.2, 0.25) is 0 Å². The third-order valence-corrected chi connectivity index (χ3v) is 5.90. The summed E-state index contributed by atoms with van der Waals surface area (Å²) < 4.78 is 0. The lowest BCUT2D eigenvalue weighted by Gasteiger charge is -1.98. The highest BCUT2D eigenvalue weighted by Crippen LogP contribution is 2.14. The third kappa shape index (κ3) is 8.69. The van der Waals surface area contributed by atoms with Crippen molar-refractivity contribution in [2.75, 3.05) is 0 Å². The van der Waals surface area contributed by atoms with Gasteiger partial charge in [0.05, 0.1) is 40.2 Å². The Labute approximate surface area is 240 Å². The topological polar surface area (TPSA) is 68.6 Å². The van der Waals surface area contributed by atoms with E-state index in [1.54, 1.807) is 36.7 Å². The standard InChI is InChI=1S/C16H11ClN2.C8H5ClN2.C7H5ClO/c17-13-8-5-12(6-9-13)7-10-14-11-18-15-3-1-2-4-16(15)19-14;9-8-5-10-6-3-1-2-4-7(6)11-8;8-7-3-1-6(5-9)2-4-7/h1-11H;1-5H;1-5H/b10-7+;;. The summed E-state index contributed by atoms with van der Waals surface area (Å²) in [6.07, 6.45) is 8.05. The minimum Gasteiger partial charge on any atom is -0.298 e. The molecule has 0 atom stereocenters. The van der Waals surface area contributed by atoms with Gasteiger partial charge in [-0.2, -0.15) is 0 Å². The molecule has 4 aromatic carbocycles. The lowest BCUT2D eigenvalue weighted by molar-refractivity contribution is 0.112. The van der Waals surface area contributed by atoms with Gasteiger partial charge in [0.1, 0.15) is 11.4 Å². The lowest BCUT2D eigenvalue weighted by atomic mass is 10.2. The quantitative estimate of drug-likeness (QED) is 0.198. The van der Waals surface area contributed by atoms with Gasteiger partial charge in [-0.25, -0.2) is 9.97 Å². The van der Waals surface area contributed by atoms with Crippen LogP contribution in [0.1, 0.15) is 21.6 Å². The van der Waals surface area contributed by atoms with Crippen molar-refractivity contribution < 1.29 is 4.79 Å². The van der Waals surface area contributed by atoms with E-state index in [2.05, 4.69) is 19.9 Å². The van der Waals surface area contributed by atoms with Crippen LogP contribution in [0.3, 0.4) is 0 Å². The first-order chi connectivity index (χ1) is 19.0. The maximum atomic E-state index is 10.1. The zero-order valence-electron chi connectivity index (χ0n) is 20.5. The summed E-state index contributed by atoms with van der Waals surface area (Å²) in [5.74, 6) is 0. The molecule has 0 radical (unpaired) electrons. The highest BCUT2D eigenvalue weighted by molar-refractivity contribution is 6.31. The molecule has 0 N–H and O–H groups in total. The van der Waals surface area contributed by atoms with Crippen molar-refractivity contribution in [2.45, 2.75) is 0 Å². The Morgan fingerprint density at radius 3 is 1.56 bits per heavy atom. The summed E-state index contributed by atoms with van der Waals surface area (Å²) in [5, 5.41) is 1.83. The smallest absolute Gasteiger partial charge is 0.150 e. The molecule has 0 bridgehead atoms. The van der Waals surface area contributed by atoms with Crippen molar-refractivity contribution >= 4 is 75.3 Å². The van der Waals surface area contributed by atoms with Crippen LogP contribution in [0.4, 0.5) is 0 Å². The fraction of sp³-hybridized carbons (Fsp3) is 0. The molecule has 6 aromatic rings. The fourth-order valence-electron chi connectivity index (χ4n) is 3.28. The number of hydrogen-bond donors (Lipinski definition) is 0. The summed E-state index contributed by atoms with van der Waals surface area (Å²) in [6, 6.07) is 29.8. The van der Waals surface area contributed by atoms with Gasteiger partial charge in [0.25, 0.3) is 0 Å². The Morgan fingerprint density at radius 2 is 1.00 bits per heavy atom. The maximum Gasteiger partial charge on any atom is 0.150 e. The van der Waals surface area contributed by atoms with Crippen molar-refractivity contribution in [3.8, 4) is 0 Å². The van der Waals surface area contributed by atoms with Crippen LogP contribution in [0.5, 0.6) is 0 Å². The number of para-hydroxylation sites is 4. The van der Waals surface area contributed by atoms with Gasteiger partial charge in [-0.1, -0.05) is 89.4 Å². The first kappa shape index (κ1) is 27.9. The van der Waals surface area contributed by atoms with Crippen molar-refractivity contribution in [3.63, 3.8) is 0 Å². The van der Waals surface area contributed by atoms with Gasteiger partial charge in [-0.05, 0) is 60.2 Å². The van der Waals surface area contributed by atoms with E-state index in [1.165, 1.54) is 0 Å². The van der Waals surface area contributed by atoms with Gasteiger partial charge in [0, 0.05) is 15.6 Å². The molecule has 5 nitrogen and oxygen atoms in total. The van der Waals surface area contributed by atoms with Crippen molar-refractivity contribution in [1.82, 2.24) is 19.9 Å². The molecule has 192 valence electrons. The van der Waals surface area contributed by atoms with E-state index in [4.69, 9.17) is 34.8 Å². The Hall–Kier alpha value is -4.16. The molecule has 6 rings (SSSR count). The van der Waals surface area contributed by atoms with Crippen LogP contribution in [-0.4, -0.2) is 26.2 Å². The minimum absolute atomic E-state index is 0.434. The number of aldehydes is 1. The molecule has 0 amide bonds. The highest BCUT2D eigenvalue weighted by atomic mass is 35.5. The number of halogens is 3. The van der Waals surface area contributed by atoms with Crippen LogP contribution in [0, 0.1) is 0 Å². The van der Waals surface area contributed by atoms with E-state index in [0.717, 1.165) is 44.6 Å². The monoisotopic (exact) mass is 570 g/mol. The van der Waals surface area contributed by atoms with Crippen molar-refractivity contribution in [3.05, 3.63) is 141 Å². The first-order valence-corrected chi connectivity index (χ1v) is 12.9. The summed E-state index contributed by atoms with van der Waals surface area (Å²) in [4.78, 5) is 27.1. The van der Waals surface area contributed by atoms with Gasteiger partial charge in [-0.15, -0.1) is 0 Å². The van der Waals surface area contributed by atoms with E-state index in [1.807, 2.05) is 84.9 Å². The molecule has 0 saturated carbocycles. The second kappa shape index (κ2) is 14.1. The maximum absolute atomic E-state index is 10.1. The number of rotatable bonds is 3. The molecule has 0 aliphatic heterocycles. The van der Waals surface area contributed by atoms with Crippen LogP contribution < -0.4 is 0 Å². The molecule has 0 saturated heterocycles. The van der Waals surface area contributed by atoms with Crippen LogP contribution in [0.15, 0.2) is 109 Å². The highest BCUT2D eigenvalue weighted by Gasteiger charge is 1.96. The molecular formula is C31H21Cl3N4O. The molecule has 0 spiro atoms. The molecule has 2 heterocycles. The van der Waals surface area contributed by atoms with E-state index in [-0.39, 0.29) is 0 Å². The van der Waals surface area contributed by atoms with E-state index >= 15 is 0 Å². The summed E-state index contributed by atoms with van der Waals surface area (Å²) in [7, 11) is 0. The summed E-state index contributed by atoms with van der Waals surface area (Å²) >= 11 is 17.0. The minimum atomic E-state index is 0.434. The Balaban J connectivity index is 0.000000149. The largest absolute Gasteiger partial charge is 0.298 e. The average Bonchev–Trinajstić information content (AvgIpc) is 2.98. The molecule has 0 aliphatic rings. The summed E-state index contributed by atoms with van der Waals surface area (Å²) in [5.41, 5.74) is 6.09. The van der Waals surface area contributed by atoms with Crippen molar-refractivity contribution in [2.24, 2.45) is 0 Å². The lowest BCUT2D eigenvalue weighted by Crippen LogP contribution is -1.86. The SMILES string of the molecule is Clc1ccc(/C=C/c2cnc3ccccc3n2)cc1.Clc1cnc2ccccc2n1.O=Cc1ccc(Cl)cc1. The van der Waals surface area contributed by atoms with Crippen LogP contribution in [0.25, 0.3) is 34.2 Å². The van der Waals surface area contributed by atoms with Crippen molar-refractivity contribution in [1.29, 1.82) is 0 Å². The Bertz CT molecular complexity index is 1710. The number of hydrogen-bond acceptors (Lipinski definition) is 5. The van der Waals surface area contributed by atoms with Crippen LogP contribution in [-0.2, 0) is 0 Å². The molecule has 0 fully saturated rings. The molecule has 0 unspecified atom stereocenters. The zero-order valence-corrected chi connectivity index (χ0v) is 22.7. The van der Waals surface area contributed by atoms with Gasteiger partial charge in [0.15, 0.2) is 0 Å². The molecule has 0 aliphatic carbocycles. The second-order valence-electron chi connectivity index (χ2n) is 8.02. The molecule has 39 heavy (non-hydrogen) atoms. The number of nitrogens with zero attached hydrogens (tertiary/aromatic N) is 4. The molecule has 8 heteroatoms. The molecular weight excluding hydrogens is 551 g/mol.